The first kappa shape index (κ1) is 6.63. The SMILES string of the molecule is ClB1B(Cl)c2ccccc21. The second-order valence-electron chi connectivity index (χ2n) is 2.43. The molecule has 0 amide bonds. The van der Waals surface area contributed by atoms with Crippen LogP contribution in [0.5, 0.6) is 0 Å². The Balaban J connectivity index is 2.50. The zero-order valence-electron chi connectivity index (χ0n) is 5.22. The third kappa shape index (κ3) is 0.724. The van der Waals surface area contributed by atoms with Crippen LogP contribution in [0, 0.1) is 0 Å². The van der Waals surface area contributed by atoms with Crippen molar-refractivity contribution < 1.29 is 0 Å². The van der Waals surface area contributed by atoms with Crippen LogP contribution in [-0.2, 0) is 0 Å². The van der Waals surface area contributed by atoms with E-state index in [0.29, 0.717) is 0 Å². The van der Waals surface area contributed by atoms with Gasteiger partial charge in [0.05, 0.1) is 0 Å². The summed E-state index contributed by atoms with van der Waals surface area (Å²) in [6, 6.07) is 8.06. The Bertz CT molecular complexity index is 237. The minimum absolute atomic E-state index is 0.0258. The van der Waals surface area contributed by atoms with E-state index in [-0.39, 0.29) is 12.0 Å². The Morgan fingerprint density at radius 3 is 1.70 bits per heavy atom. The molecule has 0 N–H and O–H groups in total. The van der Waals surface area contributed by atoms with E-state index in [1.807, 2.05) is 24.3 Å². The lowest BCUT2D eigenvalue weighted by Gasteiger charge is -2.25. The molecule has 4 heteroatoms. The Morgan fingerprint density at radius 1 is 0.900 bits per heavy atom. The molecule has 0 nitrogen and oxygen atoms in total. The molecule has 0 spiro atoms. The van der Waals surface area contributed by atoms with E-state index < -0.39 is 0 Å². The average molecular weight is 169 g/mol. The van der Waals surface area contributed by atoms with Crippen molar-refractivity contribution in [3.8, 4) is 0 Å². The van der Waals surface area contributed by atoms with Crippen LogP contribution in [0.2, 0.25) is 0 Å². The average Bonchev–Trinajstić information content (AvgIpc) is 2.03. The first-order chi connectivity index (χ1) is 4.80. The van der Waals surface area contributed by atoms with Crippen LogP contribution < -0.4 is 10.9 Å². The zero-order valence-corrected chi connectivity index (χ0v) is 6.73. The Kier molecular flexibility index (Phi) is 1.47. The molecular formula is C6H4B2Cl2. The minimum Gasteiger partial charge on any atom is -0.197 e. The van der Waals surface area contributed by atoms with Crippen molar-refractivity contribution in [1.82, 2.24) is 0 Å². The number of hydrogen-bond donors (Lipinski definition) is 0. The molecule has 0 bridgehead atoms. The summed E-state index contributed by atoms with van der Waals surface area (Å²) >= 11 is 11.8. The van der Waals surface area contributed by atoms with E-state index >= 15 is 0 Å². The summed E-state index contributed by atoms with van der Waals surface area (Å²) in [4.78, 5) is 0. The molecule has 1 aliphatic rings. The van der Waals surface area contributed by atoms with Gasteiger partial charge in [-0.3, -0.25) is 0 Å². The summed E-state index contributed by atoms with van der Waals surface area (Å²) in [6.45, 7) is 0. The molecule has 1 aliphatic heterocycles. The lowest BCUT2D eigenvalue weighted by molar-refractivity contribution is 1.80. The van der Waals surface area contributed by atoms with Gasteiger partial charge >= 0.3 is 0 Å². The van der Waals surface area contributed by atoms with Crippen molar-refractivity contribution in [1.29, 1.82) is 0 Å². The highest BCUT2D eigenvalue weighted by atomic mass is 35.5. The largest absolute Gasteiger partial charge is 0.275 e. The molecule has 0 saturated carbocycles. The number of fused-ring (bicyclic) bond motifs is 1. The van der Waals surface area contributed by atoms with Crippen LogP contribution in [0.3, 0.4) is 0 Å². The van der Waals surface area contributed by atoms with Crippen molar-refractivity contribution in [2.75, 3.05) is 0 Å². The quantitative estimate of drug-likeness (QED) is 0.500. The van der Waals surface area contributed by atoms with Gasteiger partial charge in [0, 0.05) is 0 Å². The van der Waals surface area contributed by atoms with Crippen molar-refractivity contribution in [3.05, 3.63) is 24.3 Å². The monoisotopic (exact) mass is 168 g/mol. The first-order valence-electron chi connectivity index (χ1n) is 3.17. The van der Waals surface area contributed by atoms with Crippen LogP contribution in [0.1, 0.15) is 0 Å². The number of halogens is 2. The fraction of sp³-hybridized carbons (Fsp3) is 0. The summed E-state index contributed by atoms with van der Waals surface area (Å²) in [5.74, 6) is 0. The molecular weight excluding hydrogens is 165 g/mol. The van der Waals surface area contributed by atoms with E-state index in [1.165, 1.54) is 10.9 Å². The molecule has 0 aromatic heterocycles. The molecule has 0 unspecified atom stereocenters. The molecule has 1 aromatic carbocycles. The minimum atomic E-state index is 0.0258. The number of rotatable bonds is 0. The van der Waals surface area contributed by atoms with Crippen LogP contribution in [-0.4, -0.2) is 12.0 Å². The van der Waals surface area contributed by atoms with Crippen molar-refractivity contribution >= 4 is 45.9 Å². The van der Waals surface area contributed by atoms with Gasteiger partial charge in [0.2, 0.25) is 0 Å². The fourth-order valence-corrected chi connectivity index (χ4v) is 1.90. The van der Waals surface area contributed by atoms with Gasteiger partial charge in [-0.05, 0) is 0 Å². The van der Waals surface area contributed by atoms with Gasteiger partial charge in [-0.2, -0.15) is 22.9 Å². The number of benzene rings is 1. The van der Waals surface area contributed by atoms with Crippen LogP contribution in [0.4, 0.5) is 0 Å². The van der Waals surface area contributed by atoms with Gasteiger partial charge in [-0.1, -0.05) is 35.2 Å². The Morgan fingerprint density at radius 2 is 1.30 bits per heavy atom. The lowest BCUT2D eigenvalue weighted by atomic mass is 9.20. The second kappa shape index (κ2) is 2.21. The summed E-state index contributed by atoms with van der Waals surface area (Å²) in [7, 11) is 0. The Hall–Kier alpha value is -0.0701. The van der Waals surface area contributed by atoms with E-state index in [4.69, 9.17) is 22.9 Å². The van der Waals surface area contributed by atoms with Gasteiger partial charge in [0.15, 0.2) is 0 Å². The molecule has 2 rings (SSSR count). The molecule has 0 saturated heterocycles. The predicted octanol–water partition coefficient (Wildman–Crippen LogP) is 0.653. The maximum atomic E-state index is 5.90. The topological polar surface area (TPSA) is 0 Å². The fourth-order valence-electron chi connectivity index (χ4n) is 1.23. The molecule has 10 heavy (non-hydrogen) atoms. The summed E-state index contributed by atoms with van der Waals surface area (Å²) in [5, 5.41) is 0. The molecule has 0 aliphatic carbocycles. The zero-order chi connectivity index (χ0) is 7.14. The van der Waals surface area contributed by atoms with Crippen LogP contribution in [0.15, 0.2) is 24.3 Å². The van der Waals surface area contributed by atoms with Gasteiger partial charge in [0.25, 0.3) is 12.0 Å². The van der Waals surface area contributed by atoms with Gasteiger partial charge in [-0.15, -0.1) is 0 Å². The van der Waals surface area contributed by atoms with Crippen LogP contribution in [0.25, 0.3) is 0 Å². The molecule has 1 aromatic rings. The van der Waals surface area contributed by atoms with E-state index in [1.54, 1.807) is 0 Å². The summed E-state index contributed by atoms with van der Waals surface area (Å²) in [5.41, 5.74) is 2.37. The maximum Gasteiger partial charge on any atom is 0.275 e. The molecule has 1 heterocycles. The third-order valence-electron chi connectivity index (χ3n) is 1.85. The van der Waals surface area contributed by atoms with E-state index in [2.05, 4.69) is 0 Å². The second-order valence-corrected chi connectivity index (χ2v) is 3.37. The van der Waals surface area contributed by atoms with Gasteiger partial charge < -0.3 is 0 Å². The summed E-state index contributed by atoms with van der Waals surface area (Å²) in [6.07, 6.45) is 0. The van der Waals surface area contributed by atoms with Gasteiger partial charge in [0.1, 0.15) is 0 Å². The first-order valence-corrected chi connectivity index (χ1v) is 4.05. The van der Waals surface area contributed by atoms with Crippen molar-refractivity contribution in [2.24, 2.45) is 0 Å². The molecule has 0 atom stereocenters. The van der Waals surface area contributed by atoms with Crippen LogP contribution >= 0.6 is 22.9 Å². The Labute approximate surface area is 70.5 Å². The highest BCUT2D eigenvalue weighted by Crippen LogP contribution is 2.10. The van der Waals surface area contributed by atoms with Gasteiger partial charge in [-0.25, -0.2) is 0 Å². The lowest BCUT2D eigenvalue weighted by Crippen LogP contribution is -2.65. The predicted molar refractivity (Wildman–Crippen MR) is 48.9 cm³/mol. The maximum absolute atomic E-state index is 5.90. The number of hydrogen-bond acceptors (Lipinski definition) is 0. The highest BCUT2D eigenvalue weighted by molar-refractivity contribution is 7.68. The van der Waals surface area contributed by atoms with E-state index in [9.17, 15) is 0 Å². The van der Waals surface area contributed by atoms with Crippen molar-refractivity contribution in [2.45, 2.75) is 0 Å². The standard InChI is InChI=1S/C6H4B2Cl2/c9-7-5-3-1-2-4-6(5)8(7)10/h1-4H. The smallest absolute Gasteiger partial charge is 0.197 e. The molecule has 48 valence electrons. The van der Waals surface area contributed by atoms with Crippen molar-refractivity contribution in [3.63, 3.8) is 0 Å². The third-order valence-corrected chi connectivity index (χ3v) is 2.95. The highest BCUT2D eigenvalue weighted by Gasteiger charge is 2.41. The normalized spacial score (nSPS) is 14.6. The summed E-state index contributed by atoms with van der Waals surface area (Å²) < 4.78 is 0. The molecule has 0 radical (unpaired) electrons. The van der Waals surface area contributed by atoms with E-state index in [0.717, 1.165) is 0 Å². The molecule has 0 fully saturated rings.